The van der Waals surface area contributed by atoms with E-state index in [1.54, 1.807) is 0 Å². The van der Waals surface area contributed by atoms with E-state index < -0.39 is 0 Å². The summed E-state index contributed by atoms with van der Waals surface area (Å²) < 4.78 is 0. The maximum absolute atomic E-state index is 5.06. The number of rotatable bonds is 4. The second kappa shape index (κ2) is 7.33. The van der Waals surface area contributed by atoms with Crippen LogP contribution in [-0.2, 0) is 0 Å². The fraction of sp³-hybridized carbons (Fsp3) is 0.941. The summed E-state index contributed by atoms with van der Waals surface area (Å²) in [5.41, 5.74) is -0.0700. The molecular weight excluding hydrogens is 246 g/mol. The molecule has 0 spiro atoms. The Morgan fingerprint density at radius 2 is 0.900 bits per heavy atom. The Kier molecular flexibility index (Phi) is 7.06. The molecule has 0 unspecified atom stereocenters. The molecule has 0 rings (SSSR count). The molecule has 0 atom stereocenters. The van der Waals surface area contributed by atoms with Crippen molar-refractivity contribution in [3.05, 3.63) is 0 Å². The summed E-state index contributed by atoms with van der Waals surface area (Å²) in [6.07, 6.45) is 0. The minimum absolute atomic E-state index is 0.0700. The smallest absolute Gasteiger partial charge is 0.198 e. The topological polar surface area (TPSA) is 18.8 Å². The van der Waals surface area contributed by atoms with E-state index in [0.717, 1.165) is 5.96 Å². The Morgan fingerprint density at radius 1 is 0.650 bits per heavy atom. The van der Waals surface area contributed by atoms with Gasteiger partial charge in [-0.1, -0.05) is 0 Å². The van der Waals surface area contributed by atoms with Crippen molar-refractivity contribution in [3.63, 3.8) is 0 Å². The molecule has 0 aliphatic rings. The Balaban J connectivity index is 5.88. The predicted octanol–water partition coefficient (Wildman–Crippen LogP) is 4.38. The van der Waals surface area contributed by atoms with Crippen molar-refractivity contribution in [2.45, 2.75) is 106 Å². The lowest BCUT2D eigenvalue weighted by Gasteiger charge is -2.44. The van der Waals surface area contributed by atoms with Gasteiger partial charge >= 0.3 is 0 Å². The van der Waals surface area contributed by atoms with Crippen LogP contribution in [0.5, 0.6) is 0 Å². The third-order valence-electron chi connectivity index (χ3n) is 3.12. The van der Waals surface area contributed by atoms with Crippen LogP contribution < -0.4 is 0 Å². The SMILES string of the molecule is CC(C)N(C(=NC(C)(C)C)N(C(C)C)C(C)C)C(C)C. The van der Waals surface area contributed by atoms with Gasteiger partial charge in [-0.15, -0.1) is 0 Å². The summed E-state index contributed by atoms with van der Waals surface area (Å²) in [4.78, 5) is 9.93. The van der Waals surface area contributed by atoms with E-state index in [-0.39, 0.29) is 5.54 Å². The van der Waals surface area contributed by atoms with Crippen LogP contribution in [0.3, 0.4) is 0 Å². The van der Waals surface area contributed by atoms with Crippen molar-refractivity contribution < 1.29 is 0 Å². The van der Waals surface area contributed by atoms with Gasteiger partial charge < -0.3 is 9.80 Å². The minimum Gasteiger partial charge on any atom is -0.338 e. The van der Waals surface area contributed by atoms with Crippen LogP contribution in [0.4, 0.5) is 0 Å². The monoisotopic (exact) mass is 283 g/mol. The Morgan fingerprint density at radius 3 is 1.05 bits per heavy atom. The third-order valence-corrected chi connectivity index (χ3v) is 3.12. The van der Waals surface area contributed by atoms with E-state index in [4.69, 9.17) is 4.99 Å². The normalized spacial score (nSPS) is 12.6. The third kappa shape index (κ3) is 5.72. The largest absolute Gasteiger partial charge is 0.338 e. The maximum Gasteiger partial charge on any atom is 0.198 e. The molecule has 0 aliphatic heterocycles. The molecule has 0 radical (unpaired) electrons. The second-order valence-electron chi connectivity index (χ2n) is 7.77. The Bertz CT molecular complexity index is 271. The van der Waals surface area contributed by atoms with E-state index in [2.05, 4.69) is 86.0 Å². The number of aliphatic imine (C=N–C) groups is 1. The van der Waals surface area contributed by atoms with E-state index in [1.807, 2.05) is 0 Å². The summed E-state index contributed by atoms with van der Waals surface area (Å²) in [6.45, 7) is 24.5. The van der Waals surface area contributed by atoms with Crippen LogP contribution in [0.2, 0.25) is 0 Å². The van der Waals surface area contributed by atoms with Gasteiger partial charge in [0.2, 0.25) is 0 Å². The highest BCUT2D eigenvalue weighted by molar-refractivity contribution is 5.81. The fourth-order valence-corrected chi connectivity index (χ4v) is 2.67. The first kappa shape index (κ1) is 19.3. The molecule has 0 fully saturated rings. The van der Waals surface area contributed by atoms with Gasteiger partial charge in [0.05, 0.1) is 5.54 Å². The van der Waals surface area contributed by atoms with Crippen LogP contribution in [0, 0.1) is 0 Å². The molecule has 0 aromatic carbocycles. The second-order valence-corrected chi connectivity index (χ2v) is 7.77. The first-order valence-corrected chi connectivity index (χ1v) is 8.05. The average Bonchev–Trinajstić information content (AvgIpc) is 2.11. The van der Waals surface area contributed by atoms with Crippen LogP contribution in [0.1, 0.15) is 76.2 Å². The van der Waals surface area contributed by atoms with Crippen molar-refractivity contribution in [2.24, 2.45) is 4.99 Å². The number of hydrogen-bond acceptors (Lipinski definition) is 1. The van der Waals surface area contributed by atoms with E-state index in [0.29, 0.717) is 24.2 Å². The van der Waals surface area contributed by atoms with E-state index in [9.17, 15) is 0 Å². The molecule has 120 valence electrons. The zero-order chi connectivity index (χ0) is 16.2. The number of hydrogen-bond donors (Lipinski definition) is 0. The van der Waals surface area contributed by atoms with Crippen LogP contribution in [0.25, 0.3) is 0 Å². The van der Waals surface area contributed by atoms with Gasteiger partial charge in [0.25, 0.3) is 0 Å². The highest BCUT2D eigenvalue weighted by Gasteiger charge is 2.28. The van der Waals surface area contributed by atoms with Crippen molar-refractivity contribution in [2.75, 3.05) is 0 Å². The maximum atomic E-state index is 5.06. The lowest BCUT2D eigenvalue weighted by molar-refractivity contribution is 0.196. The summed E-state index contributed by atoms with van der Waals surface area (Å²) >= 11 is 0. The molecule has 0 saturated heterocycles. The molecule has 0 aromatic heterocycles. The van der Waals surface area contributed by atoms with Gasteiger partial charge in [-0.2, -0.15) is 0 Å². The highest BCUT2D eigenvalue weighted by Crippen LogP contribution is 2.19. The van der Waals surface area contributed by atoms with E-state index in [1.165, 1.54) is 0 Å². The molecule has 3 nitrogen and oxygen atoms in total. The molecule has 20 heavy (non-hydrogen) atoms. The standard InChI is InChI=1S/C17H37N3/c1-12(2)19(13(3)4)16(18-17(9,10)11)20(14(5)6)15(7)8/h12-15H,1-11H3. The van der Waals surface area contributed by atoms with Gasteiger partial charge in [-0.3, -0.25) is 0 Å². The van der Waals surface area contributed by atoms with Gasteiger partial charge in [0, 0.05) is 24.2 Å². The van der Waals surface area contributed by atoms with E-state index >= 15 is 0 Å². The molecular formula is C17H37N3. The summed E-state index contributed by atoms with van der Waals surface area (Å²) in [5, 5.41) is 0. The first-order chi connectivity index (χ1) is 8.88. The number of guanidine groups is 1. The van der Waals surface area contributed by atoms with Crippen LogP contribution in [-0.4, -0.2) is 45.5 Å². The molecule has 0 aliphatic carbocycles. The summed E-state index contributed by atoms with van der Waals surface area (Å²) in [5.74, 6) is 1.13. The minimum atomic E-state index is -0.0700. The predicted molar refractivity (Wildman–Crippen MR) is 91.4 cm³/mol. The van der Waals surface area contributed by atoms with Gasteiger partial charge in [-0.05, 0) is 76.2 Å². The number of nitrogens with zero attached hydrogens (tertiary/aromatic N) is 3. The fourth-order valence-electron chi connectivity index (χ4n) is 2.67. The van der Waals surface area contributed by atoms with Crippen molar-refractivity contribution in [1.82, 2.24) is 9.80 Å². The van der Waals surface area contributed by atoms with Crippen molar-refractivity contribution in [1.29, 1.82) is 0 Å². The van der Waals surface area contributed by atoms with Crippen molar-refractivity contribution >= 4 is 5.96 Å². The molecule has 0 bridgehead atoms. The first-order valence-electron chi connectivity index (χ1n) is 8.05. The van der Waals surface area contributed by atoms with Crippen LogP contribution >= 0.6 is 0 Å². The molecule has 0 heterocycles. The zero-order valence-electron chi connectivity index (χ0n) is 15.7. The van der Waals surface area contributed by atoms with Gasteiger partial charge in [0.15, 0.2) is 5.96 Å². The summed E-state index contributed by atoms with van der Waals surface area (Å²) in [6, 6.07) is 1.76. The highest BCUT2D eigenvalue weighted by atomic mass is 15.4. The average molecular weight is 284 g/mol. The molecule has 0 N–H and O–H groups in total. The molecule has 3 heteroatoms. The van der Waals surface area contributed by atoms with Crippen molar-refractivity contribution in [3.8, 4) is 0 Å². The van der Waals surface area contributed by atoms with Gasteiger partial charge in [0.1, 0.15) is 0 Å². The molecule has 0 saturated carbocycles. The lowest BCUT2D eigenvalue weighted by atomic mass is 10.1. The molecule has 0 aromatic rings. The van der Waals surface area contributed by atoms with Crippen LogP contribution in [0.15, 0.2) is 4.99 Å². The zero-order valence-corrected chi connectivity index (χ0v) is 15.7. The quantitative estimate of drug-likeness (QED) is 0.563. The van der Waals surface area contributed by atoms with Gasteiger partial charge in [-0.25, -0.2) is 4.99 Å². The lowest BCUT2D eigenvalue weighted by Crippen LogP contribution is -2.55. The Hall–Kier alpha value is -0.730. The summed E-state index contributed by atoms with van der Waals surface area (Å²) in [7, 11) is 0. The Labute approximate surface area is 127 Å². The molecule has 0 amide bonds.